The minimum absolute atomic E-state index is 0.0940. The summed E-state index contributed by atoms with van der Waals surface area (Å²) in [6, 6.07) is 0. The molecule has 0 fully saturated rings. The number of amides is 1. The molecule has 0 aliphatic carbocycles. The van der Waals surface area contributed by atoms with Crippen LogP contribution in [0.15, 0.2) is 4.99 Å². The highest BCUT2D eigenvalue weighted by Crippen LogP contribution is 2.13. The summed E-state index contributed by atoms with van der Waals surface area (Å²) in [5.41, 5.74) is 0. The normalized spacial score (nSPS) is 17.9. The summed E-state index contributed by atoms with van der Waals surface area (Å²) in [6.07, 6.45) is 0. The molecule has 4 heteroatoms. The van der Waals surface area contributed by atoms with Crippen molar-refractivity contribution in [3.8, 4) is 0 Å². The third kappa shape index (κ3) is 1.71. The number of carbonyl (C=O) groups is 1. The van der Waals surface area contributed by atoms with E-state index in [4.69, 9.17) is 4.74 Å². The Morgan fingerprint density at radius 1 is 1.89 bits per heavy atom. The zero-order chi connectivity index (χ0) is 6.69. The summed E-state index contributed by atoms with van der Waals surface area (Å²) >= 11 is 1.35. The molecule has 1 amide bonds. The summed E-state index contributed by atoms with van der Waals surface area (Å²) in [4.78, 5) is 14.0. The summed E-state index contributed by atoms with van der Waals surface area (Å²) in [5, 5.41) is 0.516. The molecular formula is C5H7NO2S. The largest absolute Gasteiger partial charge is 0.473 e. The van der Waals surface area contributed by atoms with Crippen molar-refractivity contribution in [1.82, 2.24) is 0 Å². The van der Waals surface area contributed by atoms with Gasteiger partial charge < -0.3 is 4.74 Å². The summed E-state index contributed by atoms with van der Waals surface area (Å²) < 4.78 is 4.97. The molecule has 50 valence electrons. The van der Waals surface area contributed by atoms with Gasteiger partial charge in [0.1, 0.15) is 0 Å². The Balaban J connectivity index is 2.42. The van der Waals surface area contributed by atoms with Gasteiger partial charge in [0.2, 0.25) is 0 Å². The lowest BCUT2D eigenvalue weighted by Crippen LogP contribution is -1.94. The predicted molar refractivity (Wildman–Crippen MR) is 36.5 cm³/mol. The maximum absolute atomic E-state index is 10.4. The third-order valence-corrected chi connectivity index (χ3v) is 1.65. The first-order valence-electron chi connectivity index (χ1n) is 2.70. The molecule has 3 nitrogen and oxygen atoms in total. The van der Waals surface area contributed by atoms with Gasteiger partial charge in [0.15, 0.2) is 0 Å². The maximum atomic E-state index is 10.4. The standard InChI is InChI=1S/C5H7NO2S/c1-2-8-5-6-4(7)3-9-5/h2-3H2,1H3. The fourth-order valence-corrected chi connectivity index (χ4v) is 1.17. The Morgan fingerprint density at radius 2 is 2.67 bits per heavy atom. The van der Waals surface area contributed by atoms with Crippen LogP contribution in [0.2, 0.25) is 0 Å². The van der Waals surface area contributed by atoms with E-state index in [0.717, 1.165) is 0 Å². The van der Waals surface area contributed by atoms with Crippen LogP contribution in [-0.2, 0) is 9.53 Å². The van der Waals surface area contributed by atoms with Gasteiger partial charge >= 0.3 is 0 Å². The fourth-order valence-electron chi connectivity index (χ4n) is 0.487. The van der Waals surface area contributed by atoms with Crippen molar-refractivity contribution in [2.75, 3.05) is 12.4 Å². The number of rotatable bonds is 1. The predicted octanol–water partition coefficient (Wildman–Crippen LogP) is 0.652. The number of hydrogen-bond donors (Lipinski definition) is 0. The van der Waals surface area contributed by atoms with Crippen molar-refractivity contribution in [1.29, 1.82) is 0 Å². The highest BCUT2D eigenvalue weighted by molar-refractivity contribution is 8.14. The monoisotopic (exact) mass is 145 g/mol. The molecule has 9 heavy (non-hydrogen) atoms. The molecular weight excluding hydrogens is 138 g/mol. The molecule has 0 aromatic heterocycles. The molecule has 0 radical (unpaired) electrons. The molecule has 0 saturated carbocycles. The molecule has 0 atom stereocenters. The second-order valence-electron chi connectivity index (χ2n) is 1.49. The third-order valence-electron chi connectivity index (χ3n) is 0.803. The zero-order valence-corrected chi connectivity index (χ0v) is 5.90. The van der Waals surface area contributed by atoms with Crippen LogP contribution in [0.4, 0.5) is 0 Å². The minimum Gasteiger partial charge on any atom is -0.473 e. The van der Waals surface area contributed by atoms with Gasteiger partial charge in [0.05, 0.1) is 12.4 Å². The highest BCUT2D eigenvalue weighted by Gasteiger charge is 2.14. The molecule has 0 bridgehead atoms. The molecule has 0 aromatic carbocycles. The van der Waals surface area contributed by atoms with Gasteiger partial charge in [-0.05, 0) is 6.92 Å². The van der Waals surface area contributed by atoms with Crippen LogP contribution in [0.5, 0.6) is 0 Å². The SMILES string of the molecule is CCOC1=NC(=O)CS1. The van der Waals surface area contributed by atoms with Crippen LogP contribution in [0.25, 0.3) is 0 Å². The Bertz CT molecular complexity index is 155. The lowest BCUT2D eigenvalue weighted by atomic mass is 10.7. The summed E-state index contributed by atoms with van der Waals surface area (Å²) in [5.74, 6) is 0.346. The number of ether oxygens (including phenoxy) is 1. The number of nitrogens with zero attached hydrogens (tertiary/aromatic N) is 1. The van der Waals surface area contributed by atoms with Crippen LogP contribution in [0.3, 0.4) is 0 Å². The van der Waals surface area contributed by atoms with Gasteiger partial charge in [-0.15, -0.1) is 0 Å². The van der Waals surface area contributed by atoms with Gasteiger partial charge in [0.25, 0.3) is 11.1 Å². The van der Waals surface area contributed by atoms with E-state index in [0.29, 0.717) is 17.6 Å². The lowest BCUT2D eigenvalue weighted by molar-refractivity contribution is -0.115. The second kappa shape index (κ2) is 2.87. The second-order valence-corrected chi connectivity index (χ2v) is 2.42. The molecule has 1 aliphatic heterocycles. The molecule has 0 aromatic rings. The number of aliphatic imine (C=N–C) groups is 1. The molecule has 0 saturated heterocycles. The van der Waals surface area contributed by atoms with Gasteiger partial charge in [-0.3, -0.25) is 4.79 Å². The Labute approximate surface area is 57.5 Å². The Kier molecular flexibility index (Phi) is 2.10. The van der Waals surface area contributed by atoms with Crippen molar-refractivity contribution < 1.29 is 9.53 Å². The molecule has 1 aliphatic rings. The fraction of sp³-hybridized carbons (Fsp3) is 0.600. The average molecular weight is 145 g/mol. The van der Waals surface area contributed by atoms with Crippen LogP contribution >= 0.6 is 11.8 Å². The molecule has 1 rings (SSSR count). The van der Waals surface area contributed by atoms with E-state index in [2.05, 4.69) is 4.99 Å². The molecule has 0 unspecified atom stereocenters. The van der Waals surface area contributed by atoms with E-state index < -0.39 is 0 Å². The smallest absolute Gasteiger partial charge is 0.259 e. The van der Waals surface area contributed by atoms with Crippen LogP contribution in [0.1, 0.15) is 6.92 Å². The quantitative estimate of drug-likeness (QED) is 0.544. The number of carbonyl (C=O) groups excluding carboxylic acids is 1. The van der Waals surface area contributed by atoms with Crippen LogP contribution in [-0.4, -0.2) is 23.5 Å². The highest BCUT2D eigenvalue weighted by atomic mass is 32.2. The topological polar surface area (TPSA) is 38.7 Å². The first-order valence-corrected chi connectivity index (χ1v) is 3.68. The van der Waals surface area contributed by atoms with Crippen molar-refractivity contribution in [2.24, 2.45) is 4.99 Å². The van der Waals surface area contributed by atoms with E-state index in [1.807, 2.05) is 6.92 Å². The van der Waals surface area contributed by atoms with Crippen molar-refractivity contribution in [2.45, 2.75) is 6.92 Å². The van der Waals surface area contributed by atoms with Crippen LogP contribution < -0.4 is 0 Å². The molecule has 0 spiro atoms. The van der Waals surface area contributed by atoms with E-state index >= 15 is 0 Å². The maximum Gasteiger partial charge on any atom is 0.259 e. The summed E-state index contributed by atoms with van der Waals surface area (Å²) in [7, 11) is 0. The first kappa shape index (κ1) is 6.61. The number of hydrogen-bond acceptors (Lipinski definition) is 3. The van der Waals surface area contributed by atoms with Crippen molar-refractivity contribution >= 4 is 22.9 Å². The van der Waals surface area contributed by atoms with Crippen molar-refractivity contribution in [3.05, 3.63) is 0 Å². The molecule has 0 N–H and O–H groups in total. The Hall–Kier alpha value is -0.510. The molecule has 1 heterocycles. The van der Waals surface area contributed by atoms with Crippen molar-refractivity contribution in [3.63, 3.8) is 0 Å². The number of thioether (sulfide) groups is 1. The van der Waals surface area contributed by atoms with E-state index in [1.165, 1.54) is 11.8 Å². The summed E-state index contributed by atoms with van der Waals surface area (Å²) in [6.45, 7) is 2.45. The lowest BCUT2D eigenvalue weighted by Gasteiger charge is -1.95. The van der Waals surface area contributed by atoms with E-state index in [-0.39, 0.29) is 5.91 Å². The average Bonchev–Trinajstić information content (AvgIpc) is 2.17. The van der Waals surface area contributed by atoms with Gasteiger partial charge in [-0.25, -0.2) is 0 Å². The van der Waals surface area contributed by atoms with Crippen LogP contribution in [0, 0.1) is 0 Å². The van der Waals surface area contributed by atoms with Gasteiger partial charge in [-0.2, -0.15) is 4.99 Å². The van der Waals surface area contributed by atoms with E-state index in [9.17, 15) is 4.79 Å². The van der Waals surface area contributed by atoms with Gasteiger partial charge in [0, 0.05) is 0 Å². The zero-order valence-electron chi connectivity index (χ0n) is 5.09. The Morgan fingerprint density at radius 3 is 3.11 bits per heavy atom. The minimum atomic E-state index is -0.0940. The van der Waals surface area contributed by atoms with Gasteiger partial charge in [-0.1, -0.05) is 11.8 Å². The van der Waals surface area contributed by atoms with E-state index in [1.54, 1.807) is 0 Å². The first-order chi connectivity index (χ1) is 4.33.